The van der Waals surface area contributed by atoms with Gasteiger partial charge in [0.25, 0.3) is 0 Å². The molecule has 1 aliphatic heterocycles. The number of benzene rings is 1. The lowest BCUT2D eigenvalue weighted by atomic mass is 9.96. The molecule has 1 saturated heterocycles. The summed E-state index contributed by atoms with van der Waals surface area (Å²) in [6, 6.07) is 10.5. The molecule has 28 heavy (non-hydrogen) atoms. The second-order valence-electron chi connectivity index (χ2n) is 6.88. The normalized spacial score (nSPS) is 13.8. The van der Waals surface area contributed by atoms with Crippen LogP contribution in [0.5, 0.6) is 0 Å². The van der Waals surface area contributed by atoms with Gasteiger partial charge in [0.2, 0.25) is 5.91 Å². The van der Waals surface area contributed by atoms with E-state index in [2.05, 4.69) is 54.7 Å². The summed E-state index contributed by atoms with van der Waals surface area (Å²) in [6.45, 7) is 5.13. The van der Waals surface area contributed by atoms with Crippen molar-refractivity contribution in [2.45, 2.75) is 57.4 Å². The molecule has 0 aromatic heterocycles. The molecule has 1 aromatic carbocycles. The number of terminal acetylenes is 1. The number of unbranched alkanes of at least 4 members (excludes halogenated alkanes) is 4. The molecule has 1 heterocycles. The number of ether oxygens (including phenoxy) is 1. The number of carbonyl (C=O) groups is 1. The summed E-state index contributed by atoms with van der Waals surface area (Å²) in [4.78, 5) is 12.0. The molecule has 0 saturated carbocycles. The number of aliphatic hydroxyl groups excluding tert-OH is 1. The summed E-state index contributed by atoms with van der Waals surface area (Å²) in [5.74, 6) is 0.169. The zero-order valence-corrected chi connectivity index (χ0v) is 17.6. The number of rotatable bonds is 12. The van der Waals surface area contributed by atoms with Crippen molar-refractivity contribution in [1.82, 2.24) is 10.6 Å². The molecule has 0 aliphatic carbocycles. The topological polar surface area (TPSA) is 70.6 Å². The SMILES string of the molecule is C#C.CCCCCCCC(=O)NCC1(NCCc2ccccc2)COC1.CO. The fraction of sp³-hybridized carbons (Fsp3) is 0.609. The first-order valence-corrected chi connectivity index (χ1v) is 10.2. The van der Waals surface area contributed by atoms with Crippen LogP contribution in [-0.2, 0) is 16.0 Å². The quantitative estimate of drug-likeness (QED) is 0.379. The number of carbonyl (C=O) groups excluding carboxylic acids is 1. The zero-order valence-electron chi connectivity index (χ0n) is 17.6. The summed E-state index contributed by atoms with van der Waals surface area (Å²) in [5.41, 5.74) is 1.25. The van der Waals surface area contributed by atoms with Crippen LogP contribution in [0.25, 0.3) is 0 Å². The largest absolute Gasteiger partial charge is 0.400 e. The van der Waals surface area contributed by atoms with Gasteiger partial charge in [0.15, 0.2) is 0 Å². The van der Waals surface area contributed by atoms with Crippen LogP contribution in [0.15, 0.2) is 30.3 Å². The molecule has 5 heteroatoms. The first-order chi connectivity index (χ1) is 13.7. The monoisotopic (exact) mass is 390 g/mol. The third-order valence-electron chi connectivity index (χ3n) is 4.64. The van der Waals surface area contributed by atoms with Crippen molar-refractivity contribution in [3.8, 4) is 12.8 Å². The van der Waals surface area contributed by atoms with E-state index in [1.807, 2.05) is 6.07 Å². The Morgan fingerprint density at radius 1 is 1.11 bits per heavy atom. The van der Waals surface area contributed by atoms with Gasteiger partial charge in [0.1, 0.15) is 0 Å². The van der Waals surface area contributed by atoms with Gasteiger partial charge in [0, 0.05) is 20.1 Å². The fourth-order valence-electron chi connectivity index (χ4n) is 2.98. The highest BCUT2D eigenvalue weighted by Gasteiger charge is 2.38. The molecule has 0 atom stereocenters. The lowest BCUT2D eigenvalue weighted by Gasteiger charge is -2.42. The molecule has 1 aliphatic rings. The van der Waals surface area contributed by atoms with Gasteiger partial charge in [-0.1, -0.05) is 62.9 Å². The molecule has 1 fully saturated rings. The van der Waals surface area contributed by atoms with Crippen molar-refractivity contribution in [3.63, 3.8) is 0 Å². The van der Waals surface area contributed by atoms with E-state index in [1.165, 1.54) is 24.8 Å². The Morgan fingerprint density at radius 2 is 1.75 bits per heavy atom. The van der Waals surface area contributed by atoms with Crippen LogP contribution in [0.3, 0.4) is 0 Å². The average Bonchev–Trinajstić information content (AvgIpc) is 2.73. The van der Waals surface area contributed by atoms with Crippen LogP contribution >= 0.6 is 0 Å². The minimum Gasteiger partial charge on any atom is -0.400 e. The number of hydrogen-bond donors (Lipinski definition) is 3. The third kappa shape index (κ3) is 11.1. The van der Waals surface area contributed by atoms with E-state index in [9.17, 15) is 4.79 Å². The van der Waals surface area contributed by atoms with E-state index in [0.717, 1.165) is 32.9 Å². The zero-order chi connectivity index (χ0) is 21.1. The van der Waals surface area contributed by atoms with Gasteiger partial charge in [-0.25, -0.2) is 0 Å². The van der Waals surface area contributed by atoms with Crippen molar-refractivity contribution in [3.05, 3.63) is 35.9 Å². The number of aliphatic hydroxyl groups is 1. The Hall–Kier alpha value is -1.87. The first kappa shape index (κ1) is 26.1. The van der Waals surface area contributed by atoms with E-state index < -0.39 is 0 Å². The van der Waals surface area contributed by atoms with E-state index in [4.69, 9.17) is 9.84 Å². The first-order valence-electron chi connectivity index (χ1n) is 10.2. The van der Waals surface area contributed by atoms with Gasteiger partial charge in [0.05, 0.1) is 18.8 Å². The second kappa shape index (κ2) is 17.2. The smallest absolute Gasteiger partial charge is 0.220 e. The highest BCUT2D eigenvalue weighted by molar-refractivity contribution is 5.75. The van der Waals surface area contributed by atoms with Crippen molar-refractivity contribution >= 4 is 5.91 Å². The lowest BCUT2D eigenvalue weighted by Crippen LogP contribution is -2.66. The standard InChI is InChI=1S/C20H32N2O2.C2H2.CH4O/c1-2-3-4-5-9-12-19(23)21-15-20(16-24-17-20)22-14-13-18-10-7-6-8-11-18;2*1-2/h6-8,10-11,22H,2-5,9,12-17H2,1H3,(H,21,23);1-2H;2H,1H3. The fourth-order valence-corrected chi connectivity index (χ4v) is 2.98. The van der Waals surface area contributed by atoms with Gasteiger partial charge in [-0.05, 0) is 24.9 Å². The maximum atomic E-state index is 12.0. The van der Waals surface area contributed by atoms with E-state index in [-0.39, 0.29) is 11.4 Å². The van der Waals surface area contributed by atoms with Crippen molar-refractivity contribution in [2.24, 2.45) is 0 Å². The molecule has 0 bridgehead atoms. The molecule has 0 radical (unpaired) electrons. The molecule has 3 N–H and O–H groups in total. The third-order valence-corrected chi connectivity index (χ3v) is 4.64. The van der Waals surface area contributed by atoms with Crippen molar-refractivity contribution < 1.29 is 14.6 Å². The predicted molar refractivity (Wildman–Crippen MR) is 116 cm³/mol. The Kier molecular flexibility index (Phi) is 16.1. The predicted octanol–water partition coefficient (Wildman–Crippen LogP) is 2.92. The summed E-state index contributed by atoms with van der Waals surface area (Å²) >= 11 is 0. The Morgan fingerprint density at radius 3 is 2.32 bits per heavy atom. The van der Waals surface area contributed by atoms with Crippen LogP contribution in [-0.4, -0.2) is 50.0 Å². The molecule has 5 nitrogen and oxygen atoms in total. The Labute approximate surface area is 171 Å². The lowest BCUT2D eigenvalue weighted by molar-refractivity contribution is -0.123. The van der Waals surface area contributed by atoms with Gasteiger partial charge < -0.3 is 20.5 Å². The van der Waals surface area contributed by atoms with Gasteiger partial charge in [-0.15, -0.1) is 12.8 Å². The highest BCUT2D eigenvalue weighted by atomic mass is 16.5. The Balaban J connectivity index is 0.00000171. The molecule has 1 aromatic rings. The molecule has 0 unspecified atom stereocenters. The second-order valence-corrected chi connectivity index (χ2v) is 6.88. The van der Waals surface area contributed by atoms with Crippen molar-refractivity contribution in [2.75, 3.05) is 33.4 Å². The van der Waals surface area contributed by atoms with Crippen molar-refractivity contribution in [1.29, 1.82) is 0 Å². The number of amides is 1. The molecule has 2 rings (SSSR count). The van der Waals surface area contributed by atoms with Crippen LogP contribution < -0.4 is 10.6 Å². The van der Waals surface area contributed by atoms with Crippen LogP contribution in [0.4, 0.5) is 0 Å². The van der Waals surface area contributed by atoms with Crippen LogP contribution in [0.1, 0.15) is 51.0 Å². The number of nitrogens with one attached hydrogen (secondary N) is 2. The van der Waals surface area contributed by atoms with E-state index in [1.54, 1.807) is 0 Å². The summed E-state index contributed by atoms with van der Waals surface area (Å²) in [5, 5.41) is 13.7. The average molecular weight is 391 g/mol. The molecule has 0 spiro atoms. The summed E-state index contributed by atoms with van der Waals surface area (Å²) in [7, 11) is 1.00. The van der Waals surface area contributed by atoms with Crippen LogP contribution in [0, 0.1) is 12.8 Å². The highest BCUT2D eigenvalue weighted by Crippen LogP contribution is 2.16. The maximum absolute atomic E-state index is 12.0. The van der Waals surface area contributed by atoms with Gasteiger partial charge in [-0.3, -0.25) is 4.79 Å². The van der Waals surface area contributed by atoms with Gasteiger partial charge >= 0.3 is 0 Å². The minimum absolute atomic E-state index is 0.0767. The molecular weight excluding hydrogens is 352 g/mol. The van der Waals surface area contributed by atoms with E-state index >= 15 is 0 Å². The summed E-state index contributed by atoms with van der Waals surface area (Å²) in [6.07, 6.45) is 15.5. The Bertz CT molecular complexity index is 513. The number of hydrogen-bond acceptors (Lipinski definition) is 4. The van der Waals surface area contributed by atoms with E-state index in [0.29, 0.717) is 26.2 Å². The molecular formula is C23H38N2O3. The summed E-state index contributed by atoms with van der Waals surface area (Å²) < 4.78 is 5.38. The van der Waals surface area contributed by atoms with Gasteiger partial charge in [-0.2, -0.15) is 0 Å². The van der Waals surface area contributed by atoms with Crippen LogP contribution in [0.2, 0.25) is 0 Å². The maximum Gasteiger partial charge on any atom is 0.220 e. The molecule has 158 valence electrons. The molecule has 1 amide bonds. The minimum atomic E-state index is -0.0767.